The smallest absolute Gasteiger partial charge is 0.251 e. The Morgan fingerprint density at radius 3 is 2.53 bits per heavy atom. The highest BCUT2D eigenvalue weighted by atomic mass is 16.1. The number of benzene rings is 1. The topological polar surface area (TPSA) is 101 Å². The maximum absolute atomic E-state index is 12.8. The number of nitrogens with one attached hydrogen (secondary N) is 2. The Bertz CT molecular complexity index is 1310. The summed E-state index contributed by atoms with van der Waals surface area (Å²) >= 11 is 0. The predicted molar refractivity (Wildman–Crippen MR) is 123 cm³/mol. The van der Waals surface area contributed by atoms with Gasteiger partial charge in [0.25, 0.3) is 5.95 Å². The van der Waals surface area contributed by atoms with Crippen LogP contribution in [0.4, 0.5) is 5.69 Å². The van der Waals surface area contributed by atoms with E-state index in [1.807, 2.05) is 52.0 Å². The van der Waals surface area contributed by atoms with Crippen LogP contribution >= 0.6 is 0 Å². The first-order valence-corrected chi connectivity index (χ1v) is 11.0. The fraction of sp³-hybridized carbons (Fsp3) is 0.375. The Labute approximate surface area is 186 Å². The molecule has 0 bridgehead atoms. The van der Waals surface area contributed by atoms with Crippen molar-refractivity contribution in [2.24, 2.45) is 0 Å². The van der Waals surface area contributed by atoms with Gasteiger partial charge < -0.3 is 10.3 Å². The summed E-state index contributed by atoms with van der Waals surface area (Å²) in [5.41, 5.74) is 6.98. The van der Waals surface area contributed by atoms with E-state index in [9.17, 15) is 4.79 Å². The lowest BCUT2D eigenvalue weighted by molar-refractivity contribution is -0.115. The first-order chi connectivity index (χ1) is 15.4. The van der Waals surface area contributed by atoms with Gasteiger partial charge in [-0.25, -0.2) is 19.6 Å². The molecule has 0 radical (unpaired) electrons. The molecule has 3 heterocycles. The average Bonchev–Trinajstić information content (AvgIpc) is 3.21. The van der Waals surface area contributed by atoms with E-state index >= 15 is 0 Å². The second kappa shape index (κ2) is 7.85. The highest BCUT2D eigenvalue weighted by Crippen LogP contribution is 2.35. The lowest BCUT2D eigenvalue weighted by Crippen LogP contribution is -2.15. The highest BCUT2D eigenvalue weighted by molar-refractivity contribution is 5.94. The quantitative estimate of drug-likeness (QED) is 0.495. The Morgan fingerprint density at radius 2 is 1.84 bits per heavy atom. The van der Waals surface area contributed by atoms with Gasteiger partial charge in [0.15, 0.2) is 0 Å². The number of amides is 1. The number of imidazole rings is 1. The number of aryl methyl sites for hydroxylation is 3. The van der Waals surface area contributed by atoms with Crippen molar-refractivity contribution in [3.8, 4) is 5.95 Å². The summed E-state index contributed by atoms with van der Waals surface area (Å²) < 4.78 is 1.72. The summed E-state index contributed by atoms with van der Waals surface area (Å²) in [6, 6.07) is 7.73. The summed E-state index contributed by atoms with van der Waals surface area (Å²) in [5, 5.41) is 7.61. The molecule has 5 rings (SSSR count). The number of carbonyl (C=O) groups excluding carboxylic acids is 1. The minimum atomic E-state index is -0.0878. The molecule has 2 N–H and O–H groups in total. The number of aromatic amines is 1. The van der Waals surface area contributed by atoms with Crippen LogP contribution in [0.3, 0.4) is 0 Å². The number of H-pyrrole nitrogens is 1. The lowest BCUT2D eigenvalue weighted by atomic mass is 9.85. The maximum Gasteiger partial charge on any atom is 0.251 e. The molecule has 4 aromatic rings. The molecule has 1 aliphatic carbocycles. The van der Waals surface area contributed by atoms with Gasteiger partial charge in [0.1, 0.15) is 5.82 Å². The van der Waals surface area contributed by atoms with Gasteiger partial charge >= 0.3 is 0 Å². The molecule has 0 saturated heterocycles. The van der Waals surface area contributed by atoms with Gasteiger partial charge in [0.2, 0.25) is 5.91 Å². The van der Waals surface area contributed by atoms with Crippen LogP contribution in [0.15, 0.2) is 24.3 Å². The van der Waals surface area contributed by atoms with E-state index in [0.29, 0.717) is 11.9 Å². The molecule has 0 spiro atoms. The van der Waals surface area contributed by atoms with E-state index in [1.54, 1.807) is 4.68 Å². The Hall–Kier alpha value is -3.55. The van der Waals surface area contributed by atoms with Gasteiger partial charge in [-0.1, -0.05) is 6.42 Å². The molecule has 1 fully saturated rings. The number of rotatable bonds is 5. The van der Waals surface area contributed by atoms with Crippen LogP contribution in [0.1, 0.15) is 59.3 Å². The van der Waals surface area contributed by atoms with Crippen molar-refractivity contribution < 1.29 is 4.79 Å². The van der Waals surface area contributed by atoms with Crippen molar-refractivity contribution in [2.45, 2.75) is 59.3 Å². The first-order valence-electron chi connectivity index (χ1n) is 11.0. The fourth-order valence-electron chi connectivity index (χ4n) is 4.28. The maximum atomic E-state index is 12.8. The van der Waals surface area contributed by atoms with E-state index in [2.05, 4.69) is 25.4 Å². The van der Waals surface area contributed by atoms with Crippen molar-refractivity contribution in [3.05, 3.63) is 58.4 Å². The van der Waals surface area contributed by atoms with E-state index in [-0.39, 0.29) is 12.3 Å². The number of hydrogen-bond acceptors (Lipinski definition) is 5. The summed E-state index contributed by atoms with van der Waals surface area (Å²) in [4.78, 5) is 30.0. The highest BCUT2D eigenvalue weighted by Gasteiger charge is 2.23. The number of aromatic nitrogens is 6. The Kier molecular flexibility index (Phi) is 5.00. The zero-order valence-corrected chi connectivity index (χ0v) is 18.9. The molecule has 1 aliphatic rings. The molecule has 164 valence electrons. The molecular weight excluding hydrogens is 402 g/mol. The standard InChI is InChI=1S/C24H27N7O/c1-13-10-14(2)26-24(25-13)31-16(4)19(15(3)30-31)12-22(32)27-18-8-9-20-21(11-18)29-23(28-20)17-6-5-7-17/h8-11,17H,5-7,12H2,1-4H3,(H,27,32)(H,28,29). The summed E-state index contributed by atoms with van der Waals surface area (Å²) in [7, 11) is 0. The third kappa shape index (κ3) is 3.77. The van der Waals surface area contributed by atoms with E-state index in [1.165, 1.54) is 19.3 Å². The van der Waals surface area contributed by atoms with E-state index < -0.39 is 0 Å². The van der Waals surface area contributed by atoms with Gasteiger partial charge in [-0.05, 0) is 64.8 Å². The van der Waals surface area contributed by atoms with Crippen molar-refractivity contribution in [1.82, 2.24) is 29.7 Å². The van der Waals surface area contributed by atoms with Gasteiger partial charge in [-0.15, -0.1) is 0 Å². The molecular formula is C24H27N7O. The van der Waals surface area contributed by atoms with Gasteiger partial charge in [-0.2, -0.15) is 5.10 Å². The largest absolute Gasteiger partial charge is 0.342 e. The SMILES string of the molecule is Cc1cc(C)nc(-n2nc(C)c(CC(=O)Nc3ccc4nc(C5CCC5)[nH]c4c3)c2C)n1. The normalized spacial score (nSPS) is 14.0. The molecule has 1 amide bonds. The van der Waals surface area contributed by atoms with Gasteiger partial charge in [0, 0.05) is 34.3 Å². The van der Waals surface area contributed by atoms with Crippen molar-refractivity contribution in [1.29, 1.82) is 0 Å². The monoisotopic (exact) mass is 429 g/mol. The number of fused-ring (bicyclic) bond motifs is 1. The molecule has 0 aliphatic heterocycles. The van der Waals surface area contributed by atoms with Crippen LogP contribution in [0.25, 0.3) is 17.0 Å². The first kappa shape index (κ1) is 20.4. The van der Waals surface area contributed by atoms with E-state index in [4.69, 9.17) is 4.98 Å². The molecule has 0 atom stereocenters. The second-order valence-electron chi connectivity index (χ2n) is 8.72. The van der Waals surface area contributed by atoms with Crippen LogP contribution in [-0.2, 0) is 11.2 Å². The number of anilines is 1. The minimum Gasteiger partial charge on any atom is -0.342 e. The molecule has 1 aromatic carbocycles. The number of hydrogen-bond donors (Lipinski definition) is 2. The Balaban J connectivity index is 1.34. The van der Waals surface area contributed by atoms with Gasteiger partial charge in [-0.3, -0.25) is 4.79 Å². The van der Waals surface area contributed by atoms with Crippen molar-refractivity contribution in [3.63, 3.8) is 0 Å². The third-order valence-corrected chi connectivity index (χ3v) is 6.21. The van der Waals surface area contributed by atoms with Gasteiger partial charge in [0.05, 0.1) is 23.1 Å². The van der Waals surface area contributed by atoms with E-state index in [0.717, 1.165) is 50.9 Å². The summed E-state index contributed by atoms with van der Waals surface area (Å²) in [6.45, 7) is 7.73. The molecule has 1 saturated carbocycles. The van der Waals surface area contributed by atoms with Crippen LogP contribution in [0, 0.1) is 27.7 Å². The number of nitrogens with zero attached hydrogens (tertiary/aromatic N) is 5. The fourth-order valence-corrected chi connectivity index (χ4v) is 4.28. The summed E-state index contributed by atoms with van der Waals surface area (Å²) in [5.74, 6) is 2.04. The van der Waals surface area contributed by atoms with Crippen molar-refractivity contribution in [2.75, 3.05) is 5.32 Å². The zero-order valence-electron chi connectivity index (χ0n) is 18.9. The molecule has 3 aromatic heterocycles. The number of carbonyl (C=O) groups is 1. The summed E-state index contributed by atoms with van der Waals surface area (Å²) in [6.07, 6.45) is 3.90. The van der Waals surface area contributed by atoms with Crippen LogP contribution in [0.5, 0.6) is 0 Å². The average molecular weight is 430 g/mol. The van der Waals surface area contributed by atoms with Crippen LogP contribution in [0.2, 0.25) is 0 Å². The third-order valence-electron chi connectivity index (χ3n) is 6.21. The molecule has 8 nitrogen and oxygen atoms in total. The van der Waals surface area contributed by atoms with Crippen LogP contribution < -0.4 is 5.32 Å². The predicted octanol–water partition coefficient (Wildman–Crippen LogP) is 4.22. The Morgan fingerprint density at radius 1 is 1.09 bits per heavy atom. The minimum absolute atomic E-state index is 0.0878. The van der Waals surface area contributed by atoms with Crippen LogP contribution in [-0.4, -0.2) is 35.6 Å². The molecule has 8 heteroatoms. The molecule has 0 unspecified atom stereocenters. The second-order valence-corrected chi connectivity index (χ2v) is 8.72. The zero-order chi connectivity index (χ0) is 22.4. The van der Waals surface area contributed by atoms with Crippen molar-refractivity contribution >= 4 is 22.6 Å². The lowest BCUT2D eigenvalue weighted by Gasteiger charge is -2.22. The molecule has 32 heavy (non-hydrogen) atoms.